The Balaban J connectivity index is 3.30. The standard InChI is InChI=1S/C21H42O6/c1-5-8-9-20(7-3)21(22)27-17-16-25-13-12-23-10-11-24-14-15-26-18-19(4)6-2/h19-20H,5-18H2,1-4H3. The van der Waals surface area contributed by atoms with E-state index in [1.165, 1.54) is 0 Å². The Hall–Kier alpha value is -0.690. The maximum absolute atomic E-state index is 11.9. The number of hydrogen-bond acceptors (Lipinski definition) is 6. The molecule has 0 saturated heterocycles. The zero-order valence-corrected chi connectivity index (χ0v) is 18.0. The molecule has 6 heteroatoms. The first-order valence-electron chi connectivity index (χ1n) is 10.6. The summed E-state index contributed by atoms with van der Waals surface area (Å²) in [7, 11) is 0. The molecule has 0 aromatic heterocycles. The highest BCUT2D eigenvalue weighted by Gasteiger charge is 2.16. The molecule has 0 aromatic carbocycles. The number of carbonyl (C=O) groups excluding carboxylic acids is 1. The summed E-state index contributed by atoms with van der Waals surface area (Å²) in [6.45, 7) is 13.3. The molecule has 0 aliphatic rings. The van der Waals surface area contributed by atoms with Gasteiger partial charge in [0.15, 0.2) is 0 Å². The van der Waals surface area contributed by atoms with Crippen LogP contribution in [0.4, 0.5) is 0 Å². The Kier molecular flexibility index (Phi) is 19.5. The van der Waals surface area contributed by atoms with Crippen LogP contribution in [0.25, 0.3) is 0 Å². The van der Waals surface area contributed by atoms with E-state index in [1.807, 2.05) is 6.92 Å². The van der Waals surface area contributed by atoms with E-state index in [9.17, 15) is 4.79 Å². The molecule has 27 heavy (non-hydrogen) atoms. The van der Waals surface area contributed by atoms with Crippen molar-refractivity contribution in [2.75, 3.05) is 59.5 Å². The first-order valence-corrected chi connectivity index (χ1v) is 10.6. The zero-order chi connectivity index (χ0) is 20.2. The molecule has 2 atom stereocenters. The molecule has 0 fully saturated rings. The lowest BCUT2D eigenvalue weighted by Gasteiger charge is -2.13. The first kappa shape index (κ1) is 26.3. The van der Waals surface area contributed by atoms with Gasteiger partial charge in [-0.3, -0.25) is 4.79 Å². The minimum absolute atomic E-state index is 0.0220. The van der Waals surface area contributed by atoms with Crippen molar-refractivity contribution in [3.05, 3.63) is 0 Å². The lowest BCUT2D eigenvalue weighted by molar-refractivity contribution is -0.150. The molecule has 0 radical (unpaired) electrons. The van der Waals surface area contributed by atoms with Gasteiger partial charge in [-0.2, -0.15) is 0 Å². The largest absolute Gasteiger partial charge is 0.463 e. The van der Waals surface area contributed by atoms with Crippen LogP contribution in [0.1, 0.15) is 59.8 Å². The number of carbonyl (C=O) groups is 1. The maximum atomic E-state index is 11.9. The van der Waals surface area contributed by atoms with E-state index >= 15 is 0 Å². The molecule has 0 heterocycles. The van der Waals surface area contributed by atoms with Gasteiger partial charge in [0.1, 0.15) is 6.61 Å². The predicted molar refractivity (Wildman–Crippen MR) is 107 cm³/mol. The van der Waals surface area contributed by atoms with E-state index in [1.54, 1.807) is 0 Å². The predicted octanol–water partition coefficient (Wildman–Crippen LogP) is 3.86. The molecule has 0 bridgehead atoms. The van der Waals surface area contributed by atoms with E-state index in [0.29, 0.717) is 58.8 Å². The molecule has 0 aliphatic carbocycles. The summed E-state index contributed by atoms with van der Waals surface area (Å²) in [6, 6.07) is 0. The normalized spacial score (nSPS) is 13.5. The van der Waals surface area contributed by atoms with E-state index in [4.69, 9.17) is 23.7 Å². The molecule has 0 saturated carbocycles. The fraction of sp³-hybridized carbons (Fsp3) is 0.952. The van der Waals surface area contributed by atoms with E-state index < -0.39 is 0 Å². The van der Waals surface area contributed by atoms with Crippen LogP contribution >= 0.6 is 0 Å². The van der Waals surface area contributed by atoms with Crippen LogP contribution in [-0.4, -0.2) is 65.4 Å². The van der Waals surface area contributed by atoms with Gasteiger partial charge >= 0.3 is 5.97 Å². The van der Waals surface area contributed by atoms with Crippen LogP contribution in [0.5, 0.6) is 0 Å². The Labute approximate surface area is 166 Å². The number of esters is 1. The average molecular weight is 391 g/mol. The molecular formula is C21H42O6. The highest BCUT2D eigenvalue weighted by Crippen LogP contribution is 2.14. The monoisotopic (exact) mass is 390 g/mol. The van der Waals surface area contributed by atoms with Gasteiger partial charge in [0.2, 0.25) is 0 Å². The second-order valence-corrected chi connectivity index (χ2v) is 6.84. The highest BCUT2D eigenvalue weighted by molar-refractivity contribution is 5.72. The quantitative estimate of drug-likeness (QED) is 0.232. The van der Waals surface area contributed by atoms with Gasteiger partial charge < -0.3 is 23.7 Å². The topological polar surface area (TPSA) is 63.2 Å². The second-order valence-electron chi connectivity index (χ2n) is 6.84. The third-order valence-corrected chi connectivity index (χ3v) is 4.42. The van der Waals surface area contributed by atoms with Gasteiger partial charge in [-0.25, -0.2) is 0 Å². The molecule has 0 rings (SSSR count). The summed E-state index contributed by atoms with van der Waals surface area (Å²) in [5, 5.41) is 0. The van der Waals surface area contributed by atoms with Crippen molar-refractivity contribution in [2.45, 2.75) is 59.8 Å². The molecular weight excluding hydrogens is 348 g/mol. The highest BCUT2D eigenvalue weighted by atomic mass is 16.6. The lowest BCUT2D eigenvalue weighted by Crippen LogP contribution is -2.20. The van der Waals surface area contributed by atoms with Gasteiger partial charge in [-0.15, -0.1) is 0 Å². The van der Waals surface area contributed by atoms with Crippen molar-refractivity contribution in [2.24, 2.45) is 11.8 Å². The average Bonchev–Trinajstić information content (AvgIpc) is 2.68. The fourth-order valence-corrected chi connectivity index (χ4v) is 2.32. The molecule has 162 valence electrons. The van der Waals surface area contributed by atoms with Crippen LogP contribution < -0.4 is 0 Å². The van der Waals surface area contributed by atoms with Crippen molar-refractivity contribution in [1.29, 1.82) is 0 Å². The molecule has 0 aromatic rings. The van der Waals surface area contributed by atoms with Gasteiger partial charge in [0.05, 0.1) is 52.2 Å². The van der Waals surface area contributed by atoms with E-state index in [2.05, 4.69) is 20.8 Å². The number of unbranched alkanes of at least 4 members (excludes halogenated alkanes) is 1. The molecule has 0 aliphatic heterocycles. The van der Waals surface area contributed by atoms with E-state index in [-0.39, 0.29) is 11.9 Å². The van der Waals surface area contributed by atoms with Crippen molar-refractivity contribution < 1.29 is 28.5 Å². The summed E-state index contributed by atoms with van der Waals surface area (Å²) in [6.07, 6.45) is 5.05. The van der Waals surface area contributed by atoms with Crippen molar-refractivity contribution in [1.82, 2.24) is 0 Å². The van der Waals surface area contributed by atoms with Crippen molar-refractivity contribution >= 4 is 5.97 Å². The smallest absolute Gasteiger partial charge is 0.308 e. The van der Waals surface area contributed by atoms with Crippen LogP contribution in [0.2, 0.25) is 0 Å². The Bertz CT molecular complexity index is 324. The summed E-state index contributed by atoms with van der Waals surface area (Å²) in [4.78, 5) is 11.9. The molecule has 6 nitrogen and oxygen atoms in total. The van der Waals surface area contributed by atoms with Crippen LogP contribution in [0, 0.1) is 11.8 Å². The van der Waals surface area contributed by atoms with Gasteiger partial charge in [-0.05, 0) is 18.8 Å². The van der Waals surface area contributed by atoms with Crippen LogP contribution in [0.3, 0.4) is 0 Å². The van der Waals surface area contributed by atoms with Gasteiger partial charge in [0, 0.05) is 6.61 Å². The SMILES string of the molecule is CCCCC(CC)C(=O)OCCOCCOCCOCCOCC(C)CC. The Morgan fingerprint density at radius 1 is 0.741 bits per heavy atom. The summed E-state index contributed by atoms with van der Waals surface area (Å²) >= 11 is 0. The maximum Gasteiger partial charge on any atom is 0.308 e. The van der Waals surface area contributed by atoms with Crippen molar-refractivity contribution in [3.63, 3.8) is 0 Å². The second kappa shape index (κ2) is 20.1. The number of hydrogen-bond donors (Lipinski definition) is 0. The Morgan fingerprint density at radius 2 is 1.26 bits per heavy atom. The van der Waals surface area contributed by atoms with Crippen LogP contribution in [-0.2, 0) is 28.5 Å². The molecule has 0 spiro atoms. The summed E-state index contributed by atoms with van der Waals surface area (Å²) in [5.74, 6) is 0.524. The molecule has 0 N–H and O–H groups in total. The first-order chi connectivity index (χ1) is 13.2. The van der Waals surface area contributed by atoms with E-state index in [0.717, 1.165) is 38.7 Å². The number of rotatable bonds is 20. The zero-order valence-electron chi connectivity index (χ0n) is 18.0. The minimum atomic E-state index is -0.101. The molecule has 2 unspecified atom stereocenters. The van der Waals surface area contributed by atoms with Crippen LogP contribution in [0.15, 0.2) is 0 Å². The lowest BCUT2D eigenvalue weighted by atomic mass is 10.00. The third-order valence-electron chi connectivity index (χ3n) is 4.42. The summed E-state index contributed by atoms with van der Waals surface area (Å²) in [5.41, 5.74) is 0. The number of ether oxygens (including phenoxy) is 5. The van der Waals surface area contributed by atoms with Crippen molar-refractivity contribution in [3.8, 4) is 0 Å². The fourth-order valence-electron chi connectivity index (χ4n) is 2.32. The third kappa shape index (κ3) is 17.2. The molecule has 0 amide bonds. The Morgan fingerprint density at radius 3 is 1.74 bits per heavy atom. The summed E-state index contributed by atoms with van der Waals surface area (Å²) < 4.78 is 27.0. The van der Waals surface area contributed by atoms with Gasteiger partial charge in [0.25, 0.3) is 0 Å². The minimum Gasteiger partial charge on any atom is -0.463 e. The van der Waals surface area contributed by atoms with Gasteiger partial charge in [-0.1, -0.05) is 47.0 Å².